The highest BCUT2D eigenvalue weighted by atomic mass is 32.2. The van der Waals surface area contributed by atoms with E-state index in [2.05, 4.69) is 27.6 Å². The molecule has 1 atom stereocenters. The number of thiophene rings is 1. The number of amides is 1. The van der Waals surface area contributed by atoms with Crippen LogP contribution in [0.4, 0.5) is 0 Å². The molecular weight excluding hydrogens is 392 g/mol. The quantitative estimate of drug-likeness (QED) is 0.401. The molecule has 0 fully saturated rings. The van der Waals surface area contributed by atoms with E-state index in [1.165, 1.54) is 11.8 Å². The third kappa shape index (κ3) is 5.67. The molecule has 3 aromatic rings. The lowest BCUT2D eigenvalue weighted by Gasteiger charge is -2.13. The summed E-state index contributed by atoms with van der Waals surface area (Å²) in [6, 6.07) is 14.1. The van der Waals surface area contributed by atoms with E-state index in [0.717, 1.165) is 27.8 Å². The number of hydrogen-bond donors (Lipinski definition) is 1. The summed E-state index contributed by atoms with van der Waals surface area (Å²) in [5.41, 5.74) is 1.16. The summed E-state index contributed by atoms with van der Waals surface area (Å²) in [7, 11) is 1.92. The molecule has 0 saturated heterocycles. The van der Waals surface area contributed by atoms with E-state index in [4.69, 9.17) is 4.74 Å². The first-order valence-corrected chi connectivity index (χ1v) is 11.0. The van der Waals surface area contributed by atoms with Crippen molar-refractivity contribution in [3.8, 4) is 10.7 Å². The van der Waals surface area contributed by atoms with Crippen LogP contribution >= 0.6 is 23.1 Å². The number of benzene rings is 1. The summed E-state index contributed by atoms with van der Waals surface area (Å²) >= 11 is 3.01. The van der Waals surface area contributed by atoms with E-state index < -0.39 is 0 Å². The number of aromatic nitrogens is 3. The minimum absolute atomic E-state index is 0.0122. The molecule has 0 saturated carbocycles. The van der Waals surface area contributed by atoms with Gasteiger partial charge in [0.25, 0.3) is 0 Å². The maximum atomic E-state index is 12.1. The molecular formula is C20H24N4O2S2. The Morgan fingerprint density at radius 2 is 2.07 bits per heavy atom. The normalized spacial score (nSPS) is 12.1. The van der Waals surface area contributed by atoms with Gasteiger partial charge < -0.3 is 14.6 Å². The van der Waals surface area contributed by atoms with Gasteiger partial charge in [0.15, 0.2) is 11.0 Å². The Labute approximate surface area is 173 Å². The first kappa shape index (κ1) is 20.6. The van der Waals surface area contributed by atoms with Crippen molar-refractivity contribution in [1.82, 2.24) is 20.1 Å². The Bertz CT molecular complexity index is 866. The van der Waals surface area contributed by atoms with Crippen molar-refractivity contribution in [3.63, 3.8) is 0 Å². The number of thioether (sulfide) groups is 1. The molecule has 148 valence electrons. The second kappa shape index (κ2) is 10.4. The average molecular weight is 417 g/mol. The van der Waals surface area contributed by atoms with Gasteiger partial charge in [0.2, 0.25) is 5.91 Å². The van der Waals surface area contributed by atoms with Crippen molar-refractivity contribution in [2.75, 3.05) is 18.9 Å². The molecule has 8 heteroatoms. The summed E-state index contributed by atoms with van der Waals surface area (Å²) < 4.78 is 7.74. The van der Waals surface area contributed by atoms with Gasteiger partial charge in [-0.25, -0.2) is 0 Å². The fourth-order valence-corrected chi connectivity index (χ4v) is 4.11. The van der Waals surface area contributed by atoms with Crippen molar-refractivity contribution >= 4 is 29.0 Å². The topological polar surface area (TPSA) is 69.0 Å². The van der Waals surface area contributed by atoms with E-state index >= 15 is 0 Å². The van der Waals surface area contributed by atoms with E-state index in [1.54, 1.807) is 11.3 Å². The molecule has 0 bridgehead atoms. The number of carbonyl (C=O) groups excluding carboxylic acids is 1. The Kier molecular flexibility index (Phi) is 7.64. The molecule has 0 aliphatic heterocycles. The Morgan fingerprint density at radius 1 is 1.25 bits per heavy atom. The van der Waals surface area contributed by atoms with Crippen molar-refractivity contribution in [3.05, 3.63) is 53.4 Å². The number of nitrogens with one attached hydrogen (secondary N) is 1. The lowest BCUT2D eigenvalue weighted by Crippen LogP contribution is -2.27. The lowest BCUT2D eigenvalue weighted by molar-refractivity contribution is -0.118. The van der Waals surface area contributed by atoms with Crippen LogP contribution < -0.4 is 5.32 Å². The van der Waals surface area contributed by atoms with E-state index in [1.807, 2.05) is 54.3 Å². The van der Waals surface area contributed by atoms with Gasteiger partial charge in [0.1, 0.15) is 0 Å². The highest BCUT2D eigenvalue weighted by Gasteiger charge is 2.13. The highest BCUT2D eigenvalue weighted by molar-refractivity contribution is 7.99. The maximum Gasteiger partial charge on any atom is 0.230 e. The smallest absolute Gasteiger partial charge is 0.230 e. The summed E-state index contributed by atoms with van der Waals surface area (Å²) in [5, 5.41) is 14.1. The molecule has 1 amide bonds. The molecule has 6 nitrogen and oxygen atoms in total. The zero-order chi connectivity index (χ0) is 19.8. The van der Waals surface area contributed by atoms with Gasteiger partial charge in [0, 0.05) is 20.2 Å². The van der Waals surface area contributed by atoms with Crippen LogP contribution in [-0.2, 0) is 16.6 Å². The molecule has 1 aromatic carbocycles. The van der Waals surface area contributed by atoms with E-state index in [-0.39, 0.29) is 12.0 Å². The van der Waals surface area contributed by atoms with Crippen molar-refractivity contribution in [2.24, 2.45) is 7.05 Å². The predicted octanol–water partition coefficient (Wildman–Crippen LogP) is 3.92. The Morgan fingerprint density at radius 3 is 2.82 bits per heavy atom. The number of ether oxygens (including phenoxy) is 1. The molecule has 28 heavy (non-hydrogen) atoms. The van der Waals surface area contributed by atoms with Crippen LogP contribution in [0.3, 0.4) is 0 Å². The monoisotopic (exact) mass is 416 g/mol. The summed E-state index contributed by atoms with van der Waals surface area (Å²) in [5.74, 6) is 1.13. The fraction of sp³-hybridized carbons (Fsp3) is 0.350. The second-order valence-electron chi connectivity index (χ2n) is 6.26. The molecule has 1 N–H and O–H groups in total. The first-order valence-electron chi connectivity index (χ1n) is 9.14. The Balaban J connectivity index is 1.33. The number of nitrogens with zero attached hydrogens (tertiary/aromatic N) is 3. The van der Waals surface area contributed by atoms with Gasteiger partial charge >= 0.3 is 0 Å². The zero-order valence-electron chi connectivity index (χ0n) is 16.0. The van der Waals surface area contributed by atoms with E-state index in [9.17, 15) is 4.79 Å². The maximum absolute atomic E-state index is 12.1. The summed E-state index contributed by atoms with van der Waals surface area (Å²) in [6.07, 6.45) is 0.834. The van der Waals surface area contributed by atoms with Crippen molar-refractivity contribution in [1.29, 1.82) is 0 Å². The van der Waals surface area contributed by atoms with Crippen LogP contribution in [0.5, 0.6) is 0 Å². The molecule has 2 heterocycles. The molecule has 0 spiro atoms. The molecule has 2 aromatic heterocycles. The van der Waals surface area contributed by atoms with Crippen molar-refractivity contribution < 1.29 is 9.53 Å². The Hall–Kier alpha value is -2.16. The zero-order valence-corrected chi connectivity index (χ0v) is 17.6. The number of rotatable bonds is 10. The minimum Gasteiger partial charge on any atom is -0.374 e. The van der Waals surface area contributed by atoms with Gasteiger partial charge in [0.05, 0.1) is 16.7 Å². The lowest BCUT2D eigenvalue weighted by atomic mass is 10.1. The van der Waals surface area contributed by atoms with E-state index in [0.29, 0.717) is 18.9 Å². The molecule has 0 radical (unpaired) electrons. The SMILES string of the molecule is CC(OCCCNC(=O)CSc1nnc(-c2cccs2)n1C)c1ccccc1. The fourth-order valence-electron chi connectivity index (χ4n) is 2.62. The standard InChI is InChI=1S/C20H24N4O2S2/c1-15(16-8-4-3-5-9-16)26-12-7-11-21-18(25)14-28-20-23-22-19(24(20)2)17-10-6-13-27-17/h3-6,8-10,13,15H,7,11-12,14H2,1-2H3,(H,21,25). The largest absolute Gasteiger partial charge is 0.374 e. The second-order valence-corrected chi connectivity index (χ2v) is 8.15. The number of hydrogen-bond acceptors (Lipinski definition) is 6. The van der Waals surface area contributed by atoms with Crippen molar-refractivity contribution in [2.45, 2.75) is 24.6 Å². The van der Waals surface area contributed by atoms with Crippen LogP contribution in [0.25, 0.3) is 10.7 Å². The third-order valence-electron chi connectivity index (χ3n) is 4.19. The van der Waals surface area contributed by atoms with Gasteiger partial charge in [-0.05, 0) is 30.4 Å². The van der Waals surface area contributed by atoms with Gasteiger partial charge in [-0.15, -0.1) is 21.5 Å². The average Bonchev–Trinajstić information content (AvgIpc) is 3.36. The predicted molar refractivity (Wildman–Crippen MR) is 113 cm³/mol. The summed E-state index contributed by atoms with van der Waals surface area (Å²) in [4.78, 5) is 13.1. The summed E-state index contributed by atoms with van der Waals surface area (Å²) in [6.45, 7) is 3.24. The van der Waals surface area contributed by atoms with Crippen LogP contribution in [0.2, 0.25) is 0 Å². The van der Waals surface area contributed by atoms with Crippen LogP contribution in [0.1, 0.15) is 25.0 Å². The van der Waals surface area contributed by atoms with Gasteiger partial charge in [-0.2, -0.15) is 0 Å². The van der Waals surface area contributed by atoms with Crippen LogP contribution in [0.15, 0.2) is 53.0 Å². The van der Waals surface area contributed by atoms with Crippen LogP contribution in [0, 0.1) is 0 Å². The molecule has 3 rings (SSSR count). The van der Waals surface area contributed by atoms with Gasteiger partial charge in [-0.3, -0.25) is 4.79 Å². The first-order chi connectivity index (χ1) is 13.6. The number of carbonyl (C=O) groups is 1. The highest BCUT2D eigenvalue weighted by Crippen LogP contribution is 2.25. The molecule has 0 aliphatic rings. The molecule has 1 unspecified atom stereocenters. The molecule has 0 aliphatic carbocycles. The minimum atomic E-state index is -0.0122. The van der Waals surface area contributed by atoms with Crippen LogP contribution in [-0.4, -0.2) is 39.6 Å². The van der Waals surface area contributed by atoms with Gasteiger partial charge in [-0.1, -0.05) is 48.2 Å². The third-order valence-corrected chi connectivity index (χ3v) is 6.07.